The highest BCUT2D eigenvalue weighted by Crippen LogP contribution is 2.37. The van der Waals surface area contributed by atoms with Crippen LogP contribution >= 0.6 is 11.3 Å². The zero-order chi connectivity index (χ0) is 20.5. The number of ether oxygens (including phenoxy) is 3. The fourth-order valence-corrected chi connectivity index (χ4v) is 2.89. The van der Waals surface area contributed by atoms with Gasteiger partial charge in [0.2, 0.25) is 0 Å². The Morgan fingerprint density at radius 2 is 1.54 bits per heavy atom. The van der Waals surface area contributed by atoms with Gasteiger partial charge in [0.05, 0.1) is 36.1 Å². The van der Waals surface area contributed by atoms with E-state index in [0.29, 0.717) is 29.5 Å². The molecule has 1 heterocycles. The van der Waals surface area contributed by atoms with Crippen LogP contribution in [0.1, 0.15) is 30.4 Å². The Labute approximate surface area is 166 Å². The minimum Gasteiger partial charge on any atom is -0.492 e. The maximum atomic E-state index is 12.4. The highest BCUT2D eigenvalue weighted by atomic mass is 32.1. The molecule has 0 bridgehead atoms. The van der Waals surface area contributed by atoms with Crippen molar-refractivity contribution in [3.63, 3.8) is 0 Å². The van der Waals surface area contributed by atoms with Gasteiger partial charge in [0.1, 0.15) is 11.5 Å². The molecule has 1 aromatic carbocycles. The maximum Gasteiger partial charge on any atom is 0.397 e. The van der Waals surface area contributed by atoms with Crippen LogP contribution in [0.15, 0.2) is 29.6 Å². The molecule has 28 heavy (non-hydrogen) atoms. The summed E-state index contributed by atoms with van der Waals surface area (Å²) in [5.41, 5.74) is 0.621. The number of nitrogens with one attached hydrogen (secondary N) is 2. The number of amides is 2. The summed E-state index contributed by atoms with van der Waals surface area (Å²) in [5, 5.41) is 7.04. The van der Waals surface area contributed by atoms with Gasteiger partial charge in [-0.25, -0.2) is 4.79 Å². The fourth-order valence-electron chi connectivity index (χ4n) is 2.27. The Bertz CT molecular complexity index is 835. The van der Waals surface area contributed by atoms with Crippen LogP contribution in [0.4, 0.5) is 11.4 Å². The van der Waals surface area contributed by atoms with Gasteiger partial charge in [-0.1, -0.05) is 6.07 Å². The molecule has 150 valence electrons. The molecule has 0 atom stereocenters. The van der Waals surface area contributed by atoms with Crippen molar-refractivity contribution in [1.29, 1.82) is 0 Å². The number of benzene rings is 1. The second-order valence-electron chi connectivity index (χ2n) is 5.32. The van der Waals surface area contributed by atoms with Crippen LogP contribution in [0.5, 0.6) is 11.5 Å². The summed E-state index contributed by atoms with van der Waals surface area (Å²) in [4.78, 5) is 36.5. The van der Waals surface area contributed by atoms with E-state index in [1.807, 2.05) is 0 Å². The first-order valence-electron chi connectivity index (χ1n) is 8.76. The molecule has 0 unspecified atom stereocenters. The third-order valence-electron chi connectivity index (χ3n) is 3.38. The molecule has 2 aromatic rings. The van der Waals surface area contributed by atoms with Gasteiger partial charge >= 0.3 is 11.9 Å². The van der Waals surface area contributed by atoms with Gasteiger partial charge in [-0.15, -0.1) is 11.3 Å². The lowest BCUT2D eigenvalue weighted by atomic mass is 10.2. The maximum absolute atomic E-state index is 12.4. The van der Waals surface area contributed by atoms with Gasteiger partial charge in [0.15, 0.2) is 0 Å². The Balaban J connectivity index is 2.35. The number of thiophene rings is 1. The summed E-state index contributed by atoms with van der Waals surface area (Å²) in [5.74, 6) is -1.61. The lowest BCUT2D eigenvalue weighted by Gasteiger charge is -2.17. The van der Waals surface area contributed by atoms with Crippen LogP contribution in [0.25, 0.3) is 0 Å². The molecule has 0 aliphatic heterocycles. The number of anilines is 2. The minimum absolute atomic E-state index is 0.0858. The van der Waals surface area contributed by atoms with Gasteiger partial charge < -0.3 is 24.8 Å². The minimum atomic E-state index is -1.00. The lowest BCUT2D eigenvalue weighted by molar-refractivity contribution is -0.152. The van der Waals surface area contributed by atoms with Crippen molar-refractivity contribution < 1.29 is 28.6 Å². The first kappa shape index (κ1) is 21.2. The molecule has 0 fully saturated rings. The van der Waals surface area contributed by atoms with Crippen molar-refractivity contribution in [3.8, 4) is 11.5 Å². The standard InChI is InChI=1S/C19H22N2O6S/c1-4-25-14-11-13(21-18(23)19(24)27-6-3)15(26-5-2)10-12(14)20-17(22)16-8-7-9-28-16/h7-11H,4-6H2,1-3H3,(H,20,22)(H,21,23). The SMILES string of the molecule is CCOC(=O)C(=O)Nc1cc(OCC)c(NC(=O)c2cccs2)cc1OCC. The zero-order valence-corrected chi connectivity index (χ0v) is 16.7. The largest absolute Gasteiger partial charge is 0.492 e. The molecule has 9 heteroatoms. The monoisotopic (exact) mass is 406 g/mol. The van der Waals surface area contributed by atoms with Gasteiger partial charge in [0.25, 0.3) is 5.91 Å². The van der Waals surface area contributed by atoms with Crippen LogP contribution in [0.3, 0.4) is 0 Å². The molecular formula is C19H22N2O6S. The molecule has 1 aromatic heterocycles. The predicted molar refractivity (Wildman–Crippen MR) is 106 cm³/mol. The lowest BCUT2D eigenvalue weighted by Crippen LogP contribution is -2.25. The van der Waals surface area contributed by atoms with Crippen LogP contribution in [0.2, 0.25) is 0 Å². The average Bonchev–Trinajstić information content (AvgIpc) is 3.20. The van der Waals surface area contributed by atoms with Crippen molar-refractivity contribution in [2.45, 2.75) is 20.8 Å². The van der Waals surface area contributed by atoms with E-state index in [9.17, 15) is 14.4 Å². The molecule has 2 rings (SSSR count). The Hall–Kier alpha value is -3.07. The first-order chi connectivity index (χ1) is 13.5. The van der Waals surface area contributed by atoms with E-state index in [0.717, 1.165) is 0 Å². The molecule has 2 N–H and O–H groups in total. The summed E-state index contributed by atoms with van der Waals surface area (Å²) in [6.45, 7) is 5.91. The molecule has 0 spiro atoms. The third kappa shape index (κ3) is 5.46. The van der Waals surface area contributed by atoms with E-state index < -0.39 is 11.9 Å². The topological polar surface area (TPSA) is 103 Å². The van der Waals surface area contributed by atoms with E-state index in [2.05, 4.69) is 10.6 Å². The Morgan fingerprint density at radius 3 is 2.04 bits per heavy atom. The van der Waals surface area contributed by atoms with Gasteiger partial charge in [-0.05, 0) is 32.2 Å². The number of hydrogen-bond donors (Lipinski definition) is 2. The summed E-state index contributed by atoms with van der Waals surface area (Å²) in [6, 6.07) is 6.52. The second-order valence-corrected chi connectivity index (χ2v) is 6.26. The summed E-state index contributed by atoms with van der Waals surface area (Å²) >= 11 is 1.31. The van der Waals surface area contributed by atoms with Crippen LogP contribution in [-0.4, -0.2) is 37.6 Å². The highest BCUT2D eigenvalue weighted by molar-refractivity contribution is 7.12. The molecule has 0 radical (unpaired) electrons. The van der Waals surface area contributed by atoms with E-state index in [1.54, 1.807) is 44.4 Å². The summed E-state index contributed by atoms with van der Waals surface area (Å²) < 4.78 is 15.8. The smallest absolute Gasteiger partial charge is 0.397 e. The third-order valence-corrected chi connectivity index (χ3v) is 4.25. The molecule has 8 nitrogen and oxygen atoms in total. The number of hydrogen-bond acceptors (Lipinski definition) is 7. The van der Waals surface area contributed by atoms with E-state index >= 15 is 0 Å². The van der Waals surface area contributed by atoms with Crippen LogP contribution in [0, 0.1) is 0 Å². The summed E-state index contributed by atoms with van der Waals surface area (Å²) in [7, 11) is 0. The van der Waals surface area contributed by atoms with Crippen molar-refractivity contribution in [2.24, 2.45) is 0 Å². The van der Waals surface area contributed by atoms with Gasteiger partial charge in [-0.2, -0.15) is 0 Å². The first-order valence-corrected chi connectivity index (χ1v) is 9.64. The van der Waals surface area contributed by atoms with Crippen LogP contribution < -0.4 is 20.1 Å². The van der Waals surface area contributed by atoms with Crippen LogP contribution in [-0.2, 0) is 14.3 Å². The number of carbonyl (C=O) groups excluding carboxylic acids is 3. The molecule has 0 aliphatic rings. The summed E-state index contributed by atoms with van der Waals surface area (Å²) in [6.07, 6.45) is 0. The molecule has 0 saturated carbocycles. The van der Waals surface area contributed by atoms with E-state index in [1.165, 1.54) is 17.4 Å². The van der Waals surface area contributed by atoms with Crippen molar-refractivity contribution >= 4 is 40.5 Å². The van der Waals surface area contributed by atoms with Crippen molar-refractivity contribution in [2.75, 3.05) is 30.5 Å². The van der Waals surface area contributed by atoms with Crippen molar-refractivity contribution in [1.82, 2.24) is 0 Å². The van der Waals surface area contributed by atoms with Gasteiger partial charge in [-0.3, -0.25) is 9.59 Å². The number of esters is 1. The van der Waals surface area contributed by atoms with Crippen molar-refractivity contribution in [3.05, 3.63) is 34.5 Å². The highest BCUT2D eigenvalue weighted by Gasteiger charge is 2.20. The quantitative estimate of drug-likeness (QED) is 0.515. The van der Waals surface area contributed by atoms with Gasteiger partial charge in [0, 0.05) is 12.1 Å². The fraction of sp³-hybridized carbons (Fsp3) is 0.316. The van der Waals surface area contributed by atoms with E-state index in [4.69, 9.17) is 14.2 Å². The number of carbonyl (C=O) groups is 3. The molecule has 0 aliphatic carbocycles. The normalized spacial score (nSPS) is 10.1. The molecule has 2 amide bonds. The molecular weight excluding hydrogens is 384 g/mol. The second kappa shape index (κ2) is 10.3. The van der Waals surface area contributed by atoms with E-state index in [-0.39, 0.29) is 24.0 Å². The zero-order valence-electron chi connectivity index (χ0n) is 15.9. The average molecular weight is 406 g/mol. The number of rotatable bonds is 8. The Morgan fingerprint density at radius 1 is 0.929 bits per heavy atom. The predicted octanol–water partition coefficient (Wildman–Crippen LogP) is 3.30. The molecule has 0 saturated heterocycles. The Kier molecular flexibility index (Phi) is 7.82.